The SMILES string of the molecule is O=C(CCCCCC[C@@H]1C(C=C[C@@H](O)C[S+]([O-])c2ccccc2)[C@H](O)C[C@@H]1OP(=O)(O)O)OC1CC1. The van der Waals surface area contributed by atoms with E-state index in [-0.39, 0.29) is 30.2 Å². The van der Waals surface area contributed by atoms with Crippen molar-refractivity contribution in [2.24, 2.45) is 11.8 Å². The smallest absolute Gasteiger partial charge is 0.469 e. The number of hydrogen-bond acceptors (Lipinski definition) is 7. The number of phosphoric acid groups is 1. The summed E-state index contributed by atoms with van der Waals surface area (Å²) in [6.45, 7) is 0. The van der Waals surface area contributed by atoms with Gasteiger partial charge in [-0.1, -0.05) is 49.6 Å². The number of benzene rings is 1. The molecular weight excluding hydrogens is 507 g/mol. The minimum absolute atomic E-state index is 0.000410. The highest BCUT2D eigenvalue weighted by Gasteiger charge is 2.44. The Hall–Kier alpha value is -1.23. The number of carbonyl (C=O) groups excluding carboxylic acids is 1. The summed E-state index contributed by atoms with van der Waals surface area (Å²) in [7, 11) is -4.74. The van der Waals surface area contributed by atoms with Gasteiger partial charge >= 0.3 is 13.8 Å². The first-order valence-corrected chi connectivity index (χ1v) is 15.4. The Balaban J connectivity index is 1.51. The lowest BCUT2D eigenvalue weighted by Gasteiger charge is -2.24. The van der Waals surface area contributed by atoms with Gasteiger partial charge in [-0.05, 0) is 54.9 Å². The molecular formula is C25H37O9PS. The summed E-state index contributed by atoms with van der Waals surface area (Å²) in [5.74, 6) is -0.978. The molecule has 1 aromatic carbocycles. The summed E-state index contributed by atoms with van der Waals surface area (Å²) < 4.78 is 34.1. The molecule has 11 heteroatoms. The Morgan fingerprint density at radius 3 is 2.53 bits per heavy atom. The van der Waals surface area contributed by atoms with Crippen molar-refractivity contribution < 1.29 is 43.2 Å². The van der Waals surface area contributed by atoms with Gasteiger partial charge in [0.1, 0.15) is 18.0 Å². The highest BCUT2D eigenvalue weighted by atomic mass is 32.2. The zero-order valence-corrected chi connectivity index (χ0v) is 22.0. The monoisotopic (exact) mass is 544 g/mol. The van der Waals surface area contributed by atoms with E-state index in [9.17, 15) is 33.9 Å². The second-order valence-electron chi connectivity index (χ2n) is 9.60. The summed E-state index contributed by atoms with van der Waals surface area (Å²) in [6, 6.07) is 8.82. The minimum Gasteiger partial charge on any atom is -0.611 e. The van der Waals surface area contributed by atoms with Crippen LogP contribution in [-0.2, 0) is 29.8 Å². The second kappa shape index (κ2) is 14.1. The van der Waals surface area contributed by atoms with Crippen molar-refractivity contribution in [1.29, 1.82) is 0 Å². The van der Waals surface area contributed by atoms with Gasteiger partial charge in [-0.25, -0.2) is 4.57 Å². The van der Waals surface area contributed by atoms with Crippen molar-refractivity contribution in [1.82, 2.24) is 0 Å². The van der Waals surface area contributed by atoms with E-state index in [4.69, 9.17) is 9.26 Å². The molecule has 4 N–H and O–H groups in total. The lowest BCUT2D eigenvalue weighted by atomic mass is 9.88. The zero-order valence-electron chi connectivity index (χ0n) is 20.3. The van der Waals surface area contributed by atoms with Gasteiger partial charge in [0.2, 0.25) is 0 Å². The maximum Gasteiger partial charge on any atom is 0.469 e. The number of ether oxygens (including phenoxy) is 1. The molecule has 0 radical (unpaired) electrons. The molecule has 0 bridgehead atoms. The van der Waals surface area contributed by atoms with E-state index < -0.39 is 43.2 Å². The fourth-order valence-corrected chi connectivity index (χ4v) is 6.29. The molecule has 3 rings (SSSR count). The molecule has 0 saturated heterocycles. The molecule has 0 aromatic heterocycles. The van der Waals surface area contributed by atoms with E-state index >= 15 is 0 Å². The van der Waals surface area contributed by atoms with Gasteiger partial charge in [0.25, 0.3) is 0 Å². The van der Waals surface area contributed by atoms with Crippen LogP contribution in [0.15, 0.2) is 47.4 Å². The first-order valence-electron chi connectivity index (χ1n) is 12.5. The van der Waals surface area contributed by atoms with Gasteiger partial charge in [-0.3, -0.25) is 9.32 Å². The van der Waals surface area contributed by atoms with Crippen molar-refractivity contribution >= 4 is 25.0 Å². The van der Waals surface area contributed by atoms with E-state index in [2.05, 4.69) is 0 Å². The molecule has 6 atom stereocenters. The number of esters is 1. The summed E-state index contributed by atoms with van der Waals surface area (Å²) in [5, 5.41) is 21.0. The van der Waals surface area contributed by atoms with Crippen LogP contribution >= 0.6 is 7.82 Å². The Bertz CT molecular complexity index is 889. The van der Waals surface area contributed by atoms with Gasteiger partial charge < -0.3 is 29.3 Å². The average Bonchev–Trinajstić information content (AvgIpc) is 3.57. The Kier molecular flexibility index (Phi) is 11.5. The number of aliphatic hydroxyl groups is 2. The summed E-state index contributed by atoms with van der Waals surface area (Å²) in [4.78, 5) is 30.9. The lowest BCUT2D eigenvalue weighted by Crippen LogP contribution is -2.23. The fourth-order valence-electron chi connectivity index (χ4n) is 4.62. The van der Waals surface area contributed by atoms with Crippen molar-refractivity contribution in [2.75, 3.05) is 5.75 Å². The molecule has 0 heterocycles. The van der Waals surface area contributed by atoms with Crippen molar-refractivity contribution in [3.8, 4) is 0 Å². The topological polar surface area (TPSA) is 157 Å². The zero-order chi connectivity index (χ0) is 26.1. The van der Waals surface area contributed by atoms with Crippen LogP contribution in [0.25, 0.3) is 0 Å². The molecule has 0 aliphatic heterocycles. The molecule has 2 unspecified atom stereocenters. The molecule has 0 amide bonds. The van der Waals surface area contributed by atoms with Crippen LogP contribution in [0.4, 0.5) is 0 Å². The van der Waals surface area contributed by atoms with Crippen LogP contribution in [-0.4, -0.2) is 60.7 Å². The fraction of sp³-hybridized carbons (Fsp3) is 0.640. The van der Waals surface area contributed by atoms with Crippen molar-refractivity contribution in [3.05, 3.63) is 42.5 Å². The largest absolute Gasteiger partial charge is 0.611 e. The molecule has 9 nitrogen and oxygen atoms in total. The Labute approximate surface area is 215 Å². The first kappa shape index (κ1) is 29.3. The average molecular weight is 545 g/mol. The predicted octanol–water partition coefficient (Wildman–Crippen LogP) is 3.23. The molecule has 0 spiro atoms. The summed E-state index contributed by atoms with van der Waals surface area (Å²) >= 11 is -1.39. The predicted molar refractivity (Wildman–Crippen MR) is 134 cm³/mol. The van der Waals surface area contributed by atoms with Gasteiger partial charge in [0.05, 0.1) is 12.2 Å². The van der Waals surface area contributed by atoms with Crippen molar-refractivity contribution in [3.63, 3.8) is 0 Å². The van der Waals surface area contributed by atoms with E-state index in [0.717, 1.165) is 38.5 Å². The minimum atomic E-state index is -4.74. The van der Waals surface area contributed by atoms with Crippen LogP contribution in [0, 0.1) is 11.8 Å². The van der Waals surface area contributed by atoms with Crippen LogP contribution in [0.3, 0.4) is 0 Å². The summed E-state index contributed by atoms with van der Waals surface area (Å²) in [5.41, 5.74) is 0. The van der Waals surface area contributed by atoms with E-state index in [1.165, 1.54) is 6.08 Å². The van der Waals surface area contributed by atoms with Gasteiger partial charge in [0, 0.05) is 18.8 Å². The van der Waals surface area contributed by atoms with E-state index in [0.29, 0.717) is 17.7 Å². The van der Waals surface area contributed by atoms with Crippen LogP contribution in [0.5, 0.6) is 0 Å². The maximum absolute atomic E-state index is 12.4. The second-order valence-corrected chi connectivity index (χ2v) is 12.3. The lowest BCUT2D eigenvalue weighted by molar-refractivity contribution is -0.145. The van der Waals surface area contributed by atoms with Crippen molar-refractivity contribution in [2.45, 2.75) is 87.1 Å². The number of carbonyl (C=O) groups is 1. The molecule has 36 heavy (non-hydrogen) atoms. The Morgan fingerprint density at radius 2 is 1.86 bits per heavy atom. The molecule has 2 fully saturated rings. The van der Waals surface area contributed by atoms with Gasteiger partial charge in [-0.2, -0.15) is 0 Å². The van der Waals surface area contributed by atoms with Gasteiger partial charge in [-0.15, -0.1) is 0 Å². The number of rotatable bonds is 15. The molecule has 2 aliphatic rings. The van der Waals surface area contributed by atoms with Gasteiger partial charge in [0.15, 0.2) is 4.90 Å². The standard InChI is InChI=1S/C25H37O9PS/c26-18(17-36(32)20-8-4-3-5-9-20)12-15-21-22(24(16-23(21)27)34-35(29,30)31)10-6-1-2-7-11-25(28)33-19-13-14-19/h3-5,8-9,12,15,18-19,21-24,26-27H,1-2,6-7,10-11,13-14,16-17H2,(H2,29,30,31)/t18-,21?,22-,23-,24+,36?/m1/s1. The maximum atomic E-state index is 12.4. The quantitative estimate of drug-likeness (QED) is 0.0856. The van der Waals surface area contributed by atoms with Crippen LogP contribution in [0.2, 0.25) is 0 Å². The van der Waals surface area contributed by atoms with Crippen LogP contribution in [0.1, 0.15) is 57.8 Å². The summed E-state index contributed by atoms with van der Waals surface area (Å²) in [6.07, 6.45) is 6.58. The number of aliphatic hydroxyl groups excluding tert-OH is 2. The van der Waals surface area contributed by atoms with Crippen LogP contribution < -0.4 is 0 Å². The third-order valence-corrected chi connectivity index (χ3v) is 8.52. The number of unbranched alkanes of at least 4 members (excludes halogenated alkanes) is 3. The molecule has 2 saturated carbocycles. The highest BCUT2D eigenvalue weighted by molar-refractivity contribution is 7.91. The molecule has 2 aliphatic carbocycles. The molecule has 1 aromatic rings. The number of phosphoric ester groups is 1. The molecule has 202 valence electrons. The first-order chi connectivity index (χ1) is 17.1. The highest BCUT2D eigenvalue weighted by Crippen LogP contribution is 2.47. The normalized spacial score (nSPS) is 26.2. The third-order valence-electron chi connectivity index (χ3n) is 6.54. The Morgan fingerprint density at radius 1 is 1.17 bits per heavy atom. The van der Waals surface area contributed by atoms with E-state index in [1.807, 2.05) is 6.07 Å². The van der Waals surface area contributed by atoms with E-state index in [1.54, 1.807) is 30.3 Å². The number of hydrogen-bond donors (Lipinski definition) is 4. The third kappa shape index (κ3) is 10.3.